The Kier molecular flexibility index (Phi) is 82.7. The SMILES string of the molecule is C.C.C.C.C1CCOC1.CC(C)(C)OC(=O)N1CCCC(CCC(=O)O)C1.CC(C)(C)OC(=O)N1CCC[C@@H](CCC(=O)O)C1.CC(C)(C)OC(=O)N1CCC[C@H](CCC(=O)O)C1.CC(C)(C)OC(=O)N1CCC[C@H](CCCO)C1.CC(C)(C)OC(=O)N1CCC[C@H](CCCOCc2ccccc2)C1.O=C(O)CC[C@@H]1CCC[NH2+]C1.O=C(O)CC[C@H]1CCC[NH2+]C1.S.S.[B].[Cl-].[Cl-]. The second-order valence-corrected chi connectivity index (χ2v) is 38.8. The van der Waals surface area contributed by atoms with E-state index < -0.39 is 57.9 Å². The molecule has 30 nitrogen and oxygen atoms in total. The van der Waals surface area contributed by atoms with E-state index in [0.717, 1.165) is 155 Å². The molecule has 0 saturated carbocycles. The van der Waals surface area contributed by atoms with Crippen molar-refractivity contribution in [1.82, 2.24) is 24.5 Å². The molecule has 8 aliphatic heterocycles. The predicted molar refractivity (Wildman–Crippen MR) is 521 cm³/mol. The number of nitrogens with two attached hydrogens (primary N) is 2. The topological polar surface area (TPSA) is 406 Å². The number of hydrogen-bond donors (Lipinski definition) is 8. The smallest absolute Gasteiger partial charge is 0.410 e. The number of likely N-dealkylation sites (tertiary alicyclic amines) is 5. The zero-order valence-corrected chi connectivity index (χ0v) is 83.4. The molecule has 5 amide bonds. The number of amides is 5. The van der Waals surface area contributed by atoms with Crippen LogP contribution in [-0.2, 0) is 63.7 Å². The average molecular weight is 1950 g/mol. The van der Waals surface area contributed by atoms with Crippen molar-refractivity contribution >= 4 is 95.7 Å². The first kappa shape index (κ1) is 140. The Hall–Kier alpha value is -5.94. The molecule has 0 spiro atoms. The van der Waals surface area contributed by atoms with Crippen LogP contribution in [0, 0.1) is 41.4 Å². The fourth-order valence-corrected chi connectivity index (χ4v) is 15.3. The standard InChI is InChI=1S/C20H31NO3.3C13H23NO4.C13H25NO3.2C8H15NO2.C4H8O.4CH4.B.2ClH.2H2S/c1-20(2,3)24-19(22)21-13-7-11-17(15-21)12-8-14-23-16-18-9-5-4-6-10-18;3*1-13(2,3)18-12(17)14-8-4-5-10(9-14)6-7-11(15)16;1-13(2,3)17-12(16)14-8-4-6-11(10-14)7-5-9-15;2*10-8(11)4-3-7-2-1-5-9-6-7;1-2-4-5-3-1;;;;;;;;;/h4-6,9-10,17H,7-8,11-16H2,1-3H3;3*10H,4-9H2,1-3H3,(H,15,16);11,15H,4-10H2,1-3H3;2*7,9H,1-6H2,(H,10,11);1-4H2;4*1H4;;2*1H;2*1H2/t17-;2*10-;;11-;2*7-;;;;;;;;;;/m110.110........../s1. The van der Waals surface area contributed by atoms with Gasteiger partial charge in [-0.1, -0.05) is 60.0 Å². The first-order valence-electron chi connectivity index (χ1n) is 45.7. The molecule has 10 N–H and O–H groups in total. The van der Waals surface area contributed by atoms with E-state index in [2.05, 4.69) is 22.8 Å². The summed E-state index contributed by atoms with van der Waals surface area (Å²) in [6.45, 7) is 43.6. The summed E-state index contributed by atoms with van der Waals surface area (Å²) >= 11 is 0. The number of carbonyl (C=O) groups is 10. The van der Waals surface area contributed by atoms with Crippen molar-refractivity contribution in [3.63, 3.8) is 0 Å². The van der Waals surface area contributed by atoms with Crippen LogP contribution >= 0.6 is 27.0 Å². The molecule has 7 atom stereocenters. The molecular weight excluding hydrogens is 1760 g/mol. The van der Waals surface area contributed by atoms with Gasteiger partial charge in [0.1, 0.15) is 28.0 Å². The Balaban J connectivity index is -0.000000222. The van der Waals surface area contributed by atoms with Gasteiger partial charge in [0.15, 0.2) is 0 Å². The number of ether oxygens (including phenoxy) is 7. The molecule has 8 aliphatic rings. The van der Waals surface area contributed by atoms with E-state index in [0.29, 0.717) is 102 Å². The molecule has 0 bridgehead atoms. The van der Waals surface area contributed by atoms with E-state index in [9.17, 15) is 47.9 Å². The van der Waals surface area contributed by atoms with Crippen LogP contribution in [0.5, 0.6) is 0 Å². The largest absolute Gasteiger partial charge is 1.00 e. The lowest BCUT2D eigenvalue weighted by molar-refractivity contribution is -0.669. The van der Waals surface area contributed by atoms with Crippen LogP contribution in [0.15, 0.2) is 30.3 Å². The second kappa shape index (κ2) is 77.1. The van der Waals surface area contributed by atoms with Crippen molar-refractivity contribution < 1.29 is 147 Å². The van der Waals surface area contributed by atoms with E-state index in [1.807, 2.05) is 127 Å². The Labute approximate surface area is 818 Å². The van der Waals surface area contributed by atoms with E-state index in [-0.39, 0.29) is 164 Å². The number of aliphatic hydroxyl groups is 1. The molecule has 131 heavy (non-hydrogen) atoms. The van der Waals surface area contributed by atoms with Crippen LogP contribution in [0.3, 0.4) is 0 Å². The molecule has 1 unspecified atom stereocenters. The summed E-state index contributed by atoms with van der Waals surface area (Å²) in [6, 6.07) is 10.3. The molecule has 9 rings (SSSR count). The monoisotopic (exact) mass is 1950 g/mol. The van der Waals surface area contributed by atoms with Crippen molar-refractivity contribution in [1.29, 1.82) is 0 Å². The normalized spacial score (nSPS) is 19.8. The number of nitrogens with zero attached hydrogens (tertiary/aromatic N) is 5. The van der Waals surface area contributed by atoms with E-state index in [1.54, 1.807) is 19.6 Å². The Morgan fingerprint density at radius 1 is 0.359 bits per heavy atom. The number of aliphatic hydroxyl groups excluding tert-OH is 1. The lowest BCUT2D eigenvalue weighted by Gasteiger charge is -2.34. The molecule has 1 aromatic carbocycles. The Morgan fingerprint density at radius 3 is 0.809 bits per heavy atom. The number of rotatable bonds is 24. The van der Waals surface area contributed by atoms with E-state index in [1.165, 1.54) is 63.6 Å². The Bertz CT molecular complexity index is 2950. The second-order valence-electron chi connectivity index (χ2n) is 38.8. The molecule has 8 heterocycles. The van der Waals surface area contributed by atoms with Gasteiger partial charge in [0, 0.05) is 144 Å². The fourth-order valence-electron chi connectivity index (χ4n) is 15.3. The summed E-state index contributed by atoms with van der Waals surface area (Å²) in [5.41, 5.74) is -1.07. The van der Waals surface area contributed by atoms with Crippen LogP contribution in [0.2, 0.25) is 0 Å². The summed E-state index contributed by atoms with van der Waals surface area (Å²) < 4.78 is 37.5. The van der Waals surface area contributed by atoms with Gasteiger partial charge in [-0.25, -0.2) is 24.0 Å². The number of carboxylic acids is 5. The summed E-state index contributed by atoms with van der Waals surface area (Å²) in [5.74, 6) is -0.411. The first-order valence-corrected chi connectivity index (χ1v) is 45.7. The number of halogens is 2. The summed E-state index contributed by atoms with van der Waals surface area (Å²) in [6.07, 6.45) is 25.3. The van der Waals surface area contributed by atoms with Crippen LogP contribution in [0.4, 0.5) is 24.0 Å². The van der Waals surface area contributed by atoms with Gasteiger partial charge in [-0.15, -0.1) is 0 Å². The summed E-state index contributed by atoms with van der Waals surface area (Å²) in [5, 5.41) is 56.3. The highest BCUT2D eigenvalue weighted by atomic mass is 35.5. The number of carbonyl (C=O) groups excluding carboxylic acids is 5. The van der Waals surface area contributed by atoms with Gasteiger partial charge in [-0.05, 0) is 300 Å². The molecule has 35 heteroatoms. The maximum absolute atomic E-state index is 12.2. The van der Waals surface area contributed by atoms with Crippen LogP contribution < -0.4 is 35.4 Å². The van der Waals surface area contributed by atoms with E-state index in [4.69, 9.17) is 63.8 Å². The highest BCUT2D eigenvalue weighted by molar-refractivity contribution is 7.59. The number of piperidine rings is 7. The quantitative estimate of drug-likeness (QED) is 0.0271. The van der Waals surface area contributed by atoms with Gasteiger partial charge in [-0.3, -0.25) is 24.0 Å². The maximum atomic E-state index is 12.2. The van der Waals surface area contributed by atoms with Crippen molar-refractivity contribution in [2.75, 3.05) is 118 Å². The molecule has 0 aliphatic carbocycles. The molecule has 1 aromatic rings. The van der Waals surface area contributed by atoms with E-state index >= 15 is 0 Å². The highest BCUT2D eigenvalue weighted by Crippen LogP contribution is 2.29. The molecule has 771 valence electrons. The van der Waals surface area contributed by atoms with Crippen LogP contribution in [0.25, 0.3) is 0 Å². The molecular formula is C96H185BCl2N7O23S2. The van der Waals surface area contributed by atoms with Crippen LogP contribution in [0.1, 0.15) is 332 Å². The Morgan fingerprint density at radius 2 is 0.595 bits per heavy atom. The van der Waals surface area contributed by atoms with Crippen molar-refractivity contribution in [2.45, 2.75) is 361 Å². The zero-order chi connectivity index (χ0) is 91.3. The van der Waals surface area contributed by atoms with Gasteiger partial charge in [0.25, 0.3) is 0 Å². The fraction of sp³-hybridized carbons (Fsp3) is 0.833. The third-order valence-corrected chi connectivity index (χ3v) is 21.3. The predicted octanol–water partition coefficient (Wildman–Crippen LogP) is 11.4. The third-order valence-electron chi connectivity index (χ3n) is 21.3. The minimum absolute atomic E-state index is 0. The van der Waals surface area contributed by atoms with Gasteiger partial charge in [0.2, 0.25) is 0 Å². The maximum Gasteiger partial charge on any atom is 0.410 e. The molecule has 8 fully saturated rings. The van der Waals surface area contributed by atoms with Gasteiger partial charge in [-0.2, -0.15) is 27.0 Å². The van der Waals surface area contributed by atoms with Gasteiger partial charge >= 0.3 is 60.3 Å². The average Bonchev–Trinajstić information content (AvgIpc) is 1.04. The highest BCUT2D eigenvalue weighted by Gasteiger charge is 2.34. The molecule has 3 radical (unpaired) electrons. The third kappa shape index (κ3) is 76.9. The number of aliphatic carboxylic acids is 5. The van der Waals surface area contributed by atoms with Crippen molar-refractivity contribution in [2.24, 2.45) is 41.4 Å². The number of carboxylic acid groups (broad SMARTS) is 5. The molecule has 0 aromatic heterocycles. The lowest BCUT2D eigenvalue weighted by atomic mass is 9.94. The minimum atomic E-state index is -0.774. The number of hydrogen-bond acceptors (Lipinski definition) is 18. The van der Waals surface area contributed by atoms with Crippen molar-refractivity contribution in [3.8, 4) is 0 Å². The van der Waals surface area contributed by atoms with Crippen molar-refractivity contribution in [3.05, 3.63) is 35.9 Å². The summed E-state index contributed by atoms with van der Waals surface area (Å²) in [4.78, 5) is 121. The van der Waals surface area contributed by atoms with Crippen LogP contribution in [-0.4, -0.2) is 270 Å². The molecule has 8 saturated heterocycles. The van der Waals surface area contributed by atoms with Gasteiger partial charge < -0.3 is 124 Å². The zero-order valence-electron chi connectivity index (χ0n) is 79.9. The first-order chi connectivity index (χ1) is 57.3. The minimum Gasteiger partial charge on any atom is -1.00 e. The number of quaternary nitrogens is 2. The summed E-state index contributed by atoms with van der Waals surface area (Å²) in [7, 11) is 0. The number of benzene rings is 1. The lowest BCUT2D eigenvalue weighted by Crippen LogP contribution is -3.00. The van der Waals surface area contributed by atoms with Gasteiger partial charge in [0.05, 0.1) is 32.8 Å².